The van der Waals surface area contributed by atoms with Gasteiger partial charge in [0.1, 0.15) is 5.82 Å². The van der Waals surface area contributed by atoms with Crippen molar-refractivity contribution >= 4 is 17.7 Å². The Morgan fingerprint density at radius 2 is 2.00 bits per heavy atom. The fraction of sp³-hybridized carbons (Fsp3) is 0.562. The number of rotatable bonds is 4. The highest BCUT2D eigenvalue weighted by Gasteiger charge is 2.49. The molecule has 4 heteroatoms. The summed E-state index contributed by atoms with van der Waals surface area (Å²) in [4.78, 5) is 12.2. The second-order valence-electron chi connectivity index (χ2n) is 5.93. The molecule has 1 aromatic carbocycles. The molecule has 2 nitrogen and oxygen atoms in total. The van der Waals surface area contributed by atoms with Gasteiger partial charge >= 0.3 is 0 Å². The monoisotopic (exact) mass is 293 g/mol. The van der Waals surface area contributed by atoms with E-state index < -0.39 is 0 Å². The van der Waals surface area contributed by atoms with Crippen LogP contribution < -0.4 is 5.32 Å². The van der Waals surface area contributed by atoms with Crippen LogP contribution in [0.3, 0.4) is 0 Å². The fourth-order valence-electron chi connectivity index (χ4n) is 3.10. The van der Waals surface area contributed by atoms with E-state index in [0.717, 1.165) is 32.1 Å². The standard InChI is InChI=1S/C16H20FNOS/c1-20-16(8-9-16)15(19)18-14-7-4-12(10-14)11-2-5-13(17)6-3-11/h2-3,5-6,12,14H,4,7-10H2,1H3,(H,18,19)/t12-,14-/m1/s1. The highest BCUT2D eigenvalue weighted by molar-refractivity contribution is 8.01. The first kappa shape index (κ1) is 13.9. The molecule has 0 unspecified atom stereocenters. The molecule has 2 atom stereocenters. The van der Waals surface area contributed by atoms with Gasteiger partial charge in [0.05, 0.1) is 4.75 Å². The Balaban J connectivity index is 1.57. The Bertz CT molecular complexity index is 498. The lowest BCUT2D eigenvalue weighted by atomic mass is 9.97. The van der Waals surface area contributed by atoms with Gasteiger partial charge in [-0.3, -0.25) is 4.79 Å². The Hall–Kier alpha value is -1.03. The highest BCUT2D eigenvalue weighted by atomic mass is 32.2. The average Bonchev–Trinajstić information content (AvgIpc) is 3.14. The van der Waals surface area contributed by atoms with Crippen molar-refractivity contribution in [1.29, 1.82) is 0 Å². The van der Waals surface area contributed by atoms with E-state index in [1.807, 2.05) is 18.4 Å². The van der Waals surface area contributed by atoms with E-state index in [1.54, 1.807) is 11.8 Å². The van der Waals surface area contributed by atoms with Crippen molar-refractivity contribution in [1.82, 2.24) is 5.32 Å². The number of carbonyl (C=O) groups is 1. The summed E-state index contributed by atoms with van der Waals surface area (Å²) in [6, 6.07) is 7.06. The van der Waals surface area contributed by atoms with Gasteiger partial charge in [0.25, 0.3) is 0 Å². The van der Waals surface area contributed by atoms with Crippen LogP contribution in [-0.2, 0) is 4.79 Å². The van der Waals surface area contributed by atoms with Gasteiger partial charge in [0.15, 0.2) is 0 Å². The molecule has 2 aliphatic rings. The van der Waals surface area contributed by atoms with E-state index >= 15 is 0 Å². The predicted octanol–water partition coefficient (Wildman–Crippen LogP) is 3.47. The lowest BCUT2D eigenvalue weighted by molar-refractivity contribution is -0.121. The van der Waals surface area contributed by atoms with Gasteiger partial charge in [-0.1, -0.05) is 12.1 Å². The van der Waals surface area contributed by atoms with E-state index in [9.17, 15) is 9.18 Å². The smallest absolute Gasteiger partial charge is 0.236 e. The number of nitrogens with one attached hydrogen (secondary N) is 1. The third-order valence-electron chi connectivity index (χ3n) is 4.62. The van der Waals surface area contributed by atoms with Crippen LogP contribution in [0.4, 0.5) is 4.39 Å². The van der Waals surface area contributed by atoms with Gasteiger partial charge < -0.3 is 5.32 Å². The van der Waals surface area contributed by atoms with Gasteiger partial charge in [-0.05, 0) is 62.0 Å². The molecule has 0 aliphatic heterocycles. The first-order valence-electron chi connectivity index (χ1n) is 7.24. The zero-order valence-electron chi connectivity index (χ0n) is 11.7. The van der Waals surface area contributed by atoms with Crippen LogP contribution >= 0.6 is 11.8 Å². The molecule has 1 amide bonds. The molecule has 1 N–H and O–H groups in total. The molecule has 0 bridgehead atoms. The molecule has 0 aromatic heterocycles. The van der Waals surface area contributed by atoms with Crippen LogP contribution in [0.2, 0.25) is 0 Å². The highest BCUT2D eigenvalue weighted by Crippen LogP contribution is 2.47. The maximum atomic E-state index is 12.9. The minimum Gasteiger partial charge on any atom is -0.352 e. The third kappa shape index (κ3) is 2.71. The molecular formula is C16H20FNOS. The van der Waals surface area contributed by atoms with E-state index in [2.05, 4.69) is 5.32 Å². The normalized spacial score (nSPS) is 27.3. The summed E-state index contributed by atoms with van der Waals surface area (Å²) in [6.45, 7) is 0. The first-order chi connectivity index (χ1) is 9.63. The van der Waals surface area contributed by atoms with Gasteiger partial charge in [-0.25, -0.2) is 4.39 Å². The molecule has 0 spiro atoms. The Morgan fingerprint density at radius 3 is 2.60 bits per heavy atom. The van der Waals surface area contributed by atoms with E-state index in [4.69, 9.17) is 0 Å². The molecule has 0 heterocycles. The number of thioether (sulfide) groups is 1. The van der Waals surface area contributed by atoms with Gasteiger partial charge in [-0.2, -0.15) is 0 Å². The second-order valence-corrected chi connectivity index (χ2v) is 7.12. The molecule has 20 heavy (non-hydrogen) atoms. The summed E-state index contributed by atoms with van der Waals surface area (Å²) in [5.74, 6) is 0.479. The lowest BCUT2D eigenvalue weighted by Gasteiger charge is -2.18. The molecule has 3 rings (SSSR count). The number of halogens is 1. The average molecular weight is 293 g/mol. The van der Waals surface area contributed by atoms with E-state index in [-0.39, 0.29) is 22.5 Å². The van der Waals surface area contributed by atoms with Crippen molar-refractivity contribution in [3.63, 3.8) is 0 Å². The predicted molar refractivity (Wildman–Crippen MR) is 80.4 cm³/mol. The Morgan fingerprint density at radius 1 is 1.30 bits per heavy atom. The zero-order valence-corrected chi connectivity index (χ0v) is 12.5. The maximum absolute atomic E-state index is 12.9. The summed E-state index contributed by atoms with van der Waals surface area (Å²) < 4.78 is 12.8. The second kappa shape index (κ2) is 5.40. The molecule has 2 aliphatic carbocycles. The van der Waals surface area contributed by atoms with Crippen molar-refractivity contribution in [2.45, 2.75) is 48.8 Å². The number of benzene rings is 1. The van der Waals surface area contributed by atoms with E-state index in [1.165, 1.54) is 17.7 Å². The number of hydrogen-bond acceptors (Lipinski definition) is 2. The van der Waals surface area contributed by atoms with E-state index in [0.29, 0.717) is 5.92 Å². The number of hydrogen-bond donors (Lipinski definition) is 1. The molecule has 2 fully saturated rings. The van der Waals surface area contributed by atoms with Gasteiger partial charge in [0.2, 0.25) is 5.91 Å². The SMILES string of the molecule is CSC1(C(=O)N[C@@H]2CC[C@@H](c3ccc(F)cc3)C2)CC1. The third-order valence-corrected chi connectivity index (χ3v) is 5.99. The van der Waals surface area contributed by atoms with Crippen molar-refractivity contribution in [2.75, 3.05) is 6.26 Å². The number of amides is 1. The van der Waals surface area contributed by atoms with Gasteiger partial charge in [-0.15, -0.1) is 11.8 Å². The van der Waals surface area contributed by atoms with Crippen molar-refractivity contribution in [3.8, 4) is 0 Å². The van der Waals surface area contributed by atoms with Crippen LogP contribution in [-0.4, -0.2) is 23.0 Å². The van der Waals surface area contributed by atoms with Crippen LogP contribution in [0.1, 0.15) is 43.6 Å². The topological polar surface area (TPSA) is 29.1 Å². The summed E-state index contributed by atoms with van der Waals surface area (Å²) in [5, 5.41) is 3.21. The van der Waals surface area contributed by atoms with Crippen LogP contribution in [0, 0.1) is 5.82 Å². The molecule has 0 radical (unpaired) electrons. The van der Waals surface area contributed by atoms with Crippen molar-refractivity contribution in [2.24, 2.45) is 0 Å². The minimum absolute atomic E-state index is 0.131. The first-order valence-corrected chi connectivity index (χ1v) is 8.47. The largest absolute Gasteiger partial charge is 0.352 e. The molecular weight excluding hydrogens is 273 g/mol. The number of carbonyl (C=O) groups excluding carboxylic acids is 1. The van der Waals surface area contributed by atoms with Gasteiger partial charge in [0, 0.05) is 6.04 Å². The summed E-state index contributed by atoms with van der Waals surface area (Å²) >= 11 is 1.67. The quantitative estimate of drug-likeness (QED) is 0.921. The molecule has 0 saturated heterocycles. The molecule has 2 saturated carbocycles. The fourth-order valence-corrected chi connectivity index (χ4v) is 3.86. The summed E-state index contributed by atoms with van der Waals surface area (Å²) in [6.07, 6.45) is 7.10. The maximum Gasteiger partial charge on any atom is 0.236 e. The molecule has 1 aromatic rings. The van der Waals surface area contributed by atoms with Crippen LogP contribution in [0.25, 0.3) is 0 Å². The van der Waals surface area contributed by atoms with Crippen LogP contribution in [0.5, 0.6) is 0 Å². The molecule has 108 valence electrons. The Kier molecular flexibility index (Phi) is 3.76. The Labute approximate surface area is 123 Å². The lowest BCUT2D eigenvalue weighted by Crippen LogP contribution is -2.40. The van der Waals surface area contributed by atoms with Crippen molar-refractivity contribution < 1.29 is 9.18 Å². The van der Waals surface area contributed by atoms with Crippen molar-refractivity contribution in [3.05, 3.63) is 35.6 Å². The minimum atomic E-state index is -0.188. The van der Waals surface area contributed by atoms with Crippen LogP contribution in [0.15, 0.2) is 24.3 Å². The zero-order chi connectivity index (χ0) is 14.2. The summed E-state index contributed by atoms with van der Waals surface area (Å²) in [5.41, 5.74) is 1.19. The summed E-state index contributed by atoms with van der Waals surface area (Å²) in [7, 11) is 0.